The number of thiophene rings is 1. The van der Waals surface area contributed by atoms with Crippen LogP contribution in [0, 0.1) is 19.8 Å². The van der Waals surface area contributed by atoms with Crippen LogP contribution in [0.4, 0.5) is 0 Å². The van der Waals surface area contributed by atoms with E-state index in [0.29, 0.717) is 40.8 Å². The molecule has 0 N–H and O–H groups in total. The molecule has 5 heteroatoms. The topological polar surface area (TPSA) is 25.8 Å². The van der Waals surface area contributed by atoms with Gasteiger partial charge in [-0.2, -0.15) is 0 Å². The van der Waals surface area contributed by atoms with E-state index in [2.05, 4.69) is 71.9 Å². The monoisotopic (exact) mass is 596 g/mol. The number of rotatable bonds is 4. The van der Waals surface area contributed by atoms with Crippen molar-refractivity contribution in [3.05, 3.63) is 57.8 Å². The van der Waals surface area contributed by atoms with E-state index >= 15 is 0 Å². The summed E-state index contributed by atoms with van der Waals surface area (Å²) in [5, 5.41) is 4.41. The molecule has 0 aliphatic heterocycles. The first kappa shape index (κ1) is 22.7. The van der Waals surface area contributed by atoms with Gasteiger partial charge in [0.25, 0.3) is 0 Å². The molecule has 34 heavy (non-hydrogen) atoms. The van der Waals surface area contributed by atoms with Gasteiger partial charge in [0.15, 0.2) is 0 Å². The zero-order valence-electron chi connectivity index (χ0n) is 20.4. The van der Waals surface area contributed by atoms with E-state index in [1.165, 1.54) is 37.0 Å². The van der Waals surface area contributed by atoms with Crippen LogP contribution in [0.5, 0.6) is 0 Å². The molecule has 2 aromatic carbocycles. The molecule has 0 aliphatic carbocycles. The quantitative estimate of drug-likeness (QED) is 0.194. The Kier molecular flexibility index (Phi) is 5.63. The molecule has 0 saturated heterocycles. The average Bonchev–Trinajstić information content (AvgIpc) is 3.43. The summed E-state index contributed by atoms with van der Waals surface area (Å²) in [6.07, 6.45) is 2.86. The summed E-state index contributed by atoms with van der Waals surface area (Å²) in [6.45, 7) is 13.9. The summed E-state index contributed by atoms with van der Waals surface area (Å²) in [6, 6.07) is 11.6. The van der Waals surface area contributed by atoms with Crippen LogP contribution in [-0.2, 0) is 6.42 Å². The van der Waals surface area contributed by atoms with Gasteiger partial charge in [-0.15, -0.1) is 0 Å². The normalized spacial score (nSPS) is 12.5. The first-order chi connectivity index (χ1) is 16.3. The van der Waals surface area contributed by atoms with Gasteiger partial charge in [0, 0.05) is 0 Å². The van der Waals surface area contributed by atoms with Crippen molar-refractivity contribution < 1.29 is 0 Å². The molecule has 0 radical (unpaired) electrons. The molecule has 6 aromatic rings. The maximum atomic E-state index is 4.88. The van der Waals surface area contributed by atoms with E-state index in [9.17, 15) is 0 Å². The molecule has 0 amide bonds. The molecule has 4 aromatic heterocycles. The molecule has 2 nitrogen and oxygen atoms in total. The summed E-state index contributed by atoms with van der Waals surface area (Å²) in [5.74, 6) is 1.11. The molecule has 0 atom stereocenters. The third-order valence-corrected chi connectivity index (χ3v) is 14.0. The molecule has 6 rings (SSSR count). The number of fused-ring (bicyclic) bond motifs is 6. The number of aryl methyl sites for hydroxylation is 2. The Bertz CT molecular complexity index is 1720. The van der Waals surface area contributed by atoms with Crippen LogP contribution in [0.1, 0.15) is 54.7 Å². The van der Waals surface area contributed by atoms with Gasteiger partial charge in [-0.05, 0) is 0 Å². The van der Waals surface area contributed by atoms with Crippen molar-refractivity contribution in [2.24, 2.45) is 5.92 Å². The van der Waals surface area contributed by atoms with E-state index in [0.717, 1.165) is 17.6 Å². The summed E-state index contributed by atoms with van der Waals surface area (Å²) in [5.41, 5.74) is 7.92. The average molecular weight is 595 g/mol. The van der Waals surface area contributed by atoms with Crippen LogP contribution >= 0.6 is 11.3 Å². The van der Waals surface area contributed by atoms with E-state index < -0.39 is 0 Å². The minimum absolute atomic E-state index is 0.431. The first-order valence-corrected chi connectivity index (χ1v) is 16.2. The van der Waals surface area contributed by atoms with E-state index in [1.807, 2.05) is 11.3 Å². The predicted octanol–water partition coefficient (Wildman–Crippen LogP) is 7.87. The molecule has 0 bridgehead atoms. The van der Waals surface area contributed by atoms with Crippen LogP contribution < -0.4 is 0 Å². The van der Waals surface area contributed by atoms with Gasteiger partial charge in [0.05, 0.1) is 0 Å². The van der Waals surface area contributed by atoms with Crippen molar-refractivity contribution in [2.75, 3.05) is 0 Å². The van der Waals surface area contributed by atoms with Gasteiger partial charge < -0.3 is 0 Å². The SMILES string of the molecule is Cc1[se]c2[se]c3cc(-c4ncnc5c4sc4c(CC(C)C)cccc45)cc(C(C)C)c3c2c1C. The van der Waals surface area contributed by atoms with Crippen LogP contribution in [0.25, 0.3) is 49.7 Å². The van der Waals surface area contributed by atoms with Gasteiger partial charge in [0.2, 0.25) is 0 Å². The molecule has 4 heterocycles. The number of benzene rings is 2. The third kappa shape index (κ3) is 3.48. The fourth-order valence-electron chi connectivity index (χ4n) is 5.10. The Balaban J connectivity index is 1.64. The van der Waals surface area contributed by atoms with Gasteiger partial charge in [-0.25, -0.2) is 0 Å². The van der Waals surface area contributed by atoms with Crippen LogP contribution in [-0.4, -0.2) is 39.0 Å². The number of hydrogen-bond acceptors (Lipinski definition) is 3. The van der Waals surface area contributed by atoms with Gasteiger partial charge >= 0.3 is 218 Å². The zero-order valence-corrected chi connectivity index (χ0v) is 24.7. The molecule has 0 saturated carbocycles. The molecular weight excluding hydrogens is 566 g/mol. The Labute approximate surface area is 216 Å². The second kappa shape index (κ2) is 8.43. The second-order valence-corrected chi connectivity index (χ2v) is 17.1. The van der Waals surface area contributed by atoms with Gasteiger partial charge in [-0.1, -0.05) is 0 Å². The molecule has 172 valence electrons. The second-order valence-electron chi connectivity index (χ2n) is 10.0. The van der Waals surface area contributed by atoms with Gasteiger partial charge in [0.1, 0.15) is 0 Å². The van der Waals surface area contributed by atoms with Crippen molar-refractivity contribution in [1.82, 2.24) is 9.97 Å². The summed E-state index contributed by atoms with van der Waals surface area (Å²) >= 11 is 2.85. The minimum atomic E-state index is 0.431. The molecule has 0 fully saturated rings. The van der Waals surface area contributed by atoms with Crippen molar-refractivity contribution in [3.8, 4) is 11.3 Å². The Morgan fingerprint density at radius 2 is 1.76 bits per heavy atom. The Morgan fingerprint density at radius 3 is 2.53 bits per heavy atom. The first-order valence-electron chi connectivity index (χ1n) is 11.9. The van der Waals surface area contributed by atoms with E-state index in [1.54, 1.807) is 28.9 Å². The van der Waals surface area contributed by atoms with Crippen molar-refractivity contribution in [3.63, 3.8) is 0 Å². The number of nitrogens with zero attached hydrogens (tertiary/aromatic N) is 2. The van der Waals surface area contributed by atoms with Crippen molar-refractivity contribution in [2.45, 2.75) is 53.9 Å². The van der Waals surface area contributed by atoms with Crippen LogP contribution in [0.2, 0.25) is 0 Å². The van der Waals surface area contributed by atoms with E-state index in [4.69, 9.17) is 9.97 Å². The molecular formula is C29H28N2SSe2. The van der Waals surface area contributed by atoms with Gasteiger partial charge in [-0.3, -0.25) is 0 Å². The molecule has 0 spiro atoms. The molecule has 0 unspecified atom stereocenters. The van der Waals surface area contributed by atoms with Crippen LogP contribution in [0.15, 0.2) is 36.7 Å². The summed E-state index contributed by atoms with van der Waals surface area (Å²) < 4.78 is 7.51. The Morgan fingerprint density at radius 1 is 0.941 bits per heavy atom. The molecule has 0 aliphatic rings. The standard InChI is InChI=1S/C29H28N2SSe2/c1-14(2)10-18-8-7-9-20-26-28(32-27(18)20)25(30-13-31-26)19-11-21(15(3)4)24-22(12-19)34-29-23(24)16(5)17(6)33-29/h7-9,11-15H,10H2,1-6H3. The van der Waals surface area contributed by atoms with Crippen molar-refractivity contribution >= 4 is 78.8 Å². The number of aromatic nitrogens is 2. The summed E-state index contributed by atoms with van der Waals surface area (Å²) in [7, 11) is 0. The van der Waals surface area contributed by atoms with Crippen molar-refractivity contribution in [1.29, 1.82) is 0 Å². The Hall–Kier alpha value is -1.74. The fourth-order valence-corrected chi connectivity index (χ4v) is 13.4. The fraction of sp³-hybridized carbons (Fsp3) is 0.310. The van der Waals surface area contributed by atoms with E-state index in [-0.39, 0.29) is 0 Å². The number of hydrogen-bond donors (Lipinski definition) is 0. The maximum absolute atomic E-state index is 4.88. The third-order valence-electron chi connectivity index (χ3n) is 6.82. The summed E-state index contributed by atoms with van der Waals surface area (Å²) in [4.78, 5) is 9.64. The zero-order chi connectivity index (χ0) is 23.7. The van der Waals surface area contributed by atoms with Crippen LogP contribution in [0.3, 0.4) is 0 Å². The predicted molar refractivity (Wildman–Crippen MR) is 151 cm³/mol.